The van der Waals surface area contributed by atoms with Crippen LogP contribution in [0.5, 0.6) is 0 Å². The number of hydrogen-bond acceptors (Lipinski definition) is 6. The van der Waals surface area contributed by atoms with Crippen molar-refractivity contribution in [2.45, 2.75) is 0 Å². The normalized spacial score (nSPS) is 7.54. The molecule has 0 aromatic carbocycles. The Hall–Kier alpha value is -0.532. The van der Waals surface area contributed by atoms with E-state index < -0.39 is 25.0 Å². The molecule has 13 heavy (non-hydrogen) atoms. The molecule has 82 valence electrons. The molecule has 0 unspecified atom stereocenters. The molecular weight excluding hydrogens is 367 g/mol. The standard InChI is InChI=1S/2C2H5NO3.Pt/c2*4-2(5)1-3-6;/h2*3,6H,1H2,(H,4,5);. The van der Waals surface area contributed by atoms with Gasteiger partial charge < -0.3 is 20.6 Å². The molecular formula is C4H10N2O6Pt. The van der Waals surface area contributed by atoms with Crippen LogP contribution in [0.3, 0.4) is 0 Å². The van der Waals surface area contributed by atoms with E-state index in [2.05, 4.69) is 0 Å². The monoisotopic (exact) mass is 377 g/mol. The number of carboxylic acids is 2. The fourth-order valence-electron chi connectivity index (χ4n) is 0.135. The second kappa shape index (κ2) is 14.0. The minimum absolute atomic E-state index is 0. The average molecular weight is 377 g/mol. The SMILES string of the molecule is O=C(O)CNO.O=C(O)CNO.[Pt]. The number of carboxylic acid groups (broad SMARTS) is 2. The molecule has 0 atom stereocenters. The van der Waals surface area contributed by atoms with Crippen molar-refractivity contribution in [3.63, 3.8) is 0 Å². The average Bonchev–Trinajstić information content (AvgIpc) is 1.87. The van der Waals surface area contributed by atoms with Gasteiger partial charge in [0.15, 0.2) is 0 Å². The third kappa shape index (κ3) is 34.4. The van der Waals surface area contributed by atoms with Gasteiger partial charge in [0.1, 0.15) is 13.1 Å². The fraction of sp³-hybridized carbons (Fsp3) is 0.500. The largest absolute Gasteiger partial charge is 0.480 e. The van der Waals surface area contributed by atoms with Crippen molar-refractivity contribution in [2.75, 3.05) is 13.1 Å². The molecule has 0 bridgehead atoms. The van der Waals surface area contributed by atoms with E-state index in [9.17, 15) is 9.59 Å². The summed E-state index contributed by atoms with van der Waals surface area (Å²) in [4.78, 5) is 18.8. The third-order valence-electron chi connectivity index (χ3n) is 0.461. The van der Waals surface area contributed by atoms with Crippen molar-refractivity contribution in [3.05, 3.63) is 0 Å². The smallest absolute Gasteiger partial charge is 0.319 e. The Labute approximate surface area is 87.7 Å². The first-order valence-electron chi connectivity index (χ1n) is 2.72. The molecule has 0 aliphatic carbocycles. The first kappa shape index (κ1) is 18.3. The van der Waals surface area contributed by atoms with E-state index >= 15 is 0 Å². The predicted octanol–water partition coefficient (Wildman–Crippen LogP) is -1.90. The minimum atomic E-state index is -1.07. The maximum atomic E-state index is 9.38. The zero-order valence-electron chi connectivity index (χ0n) is 6.34. The Morgan fingerprint density at radius 3 is 1.15 bits per heavy atom. The fourth-order valence-corrected chi connectivity index (χ4v) is 0.135. The number of rotatable bonds is 4. The van der Waals surface area contributed by atoms with Crippen molar-refractivity contribution in [3.8, 4) is 0 Å². The molecule has 0 saturated heterocycles. The van der Waals surface area contributed by atoms with Crippen LogP contribution in [0.2, 0.25) is 0 Å². The van der Waals surface area contributed by atoms with Gasteiger partial charge in [0.25, 0.3) is 0 Å². The Morgan fingerprint density at radius 2 is 1.15 bits per heavy atom. The summed E-state index contributed by atoms with van der Waals surface area (Å²) in [5.74, 6) is -2.14. The zero-order valence-corrected chi connectivity index (χ0v) is 8.61. The van der Waals surface area contributed by atoms with Crippen molar-refractivity contribution >= 4 is 11.9 Å². The summed E-state index contributed by atoms with van der Waals surface area (Å²) in [7, 11) is 0. The van der Waals surface area contributed by atoms with Crippen LogP contribution in [0.25, 0.3) is 0 Å². The van der Waals surface area contributed by atoms with E-state index in [0.29, 0.717) is 0 Å². The summed E-state index contributed by atoms with van der Waals surface area (Å²) in [5, 5.41) is 30.6. The van der Waals surface area contributed by atoms with Gasteiger partial charge in [0.05, 0.1) is 0 Å². The summed E-state index contributed by atoms with van der Waals surface area (Å²) >= 11 is 0. The van der Waals surface area contributed by atoms with Gasteiger partial charge in [-0.05, 0) is 0 Å². The van der Waals surface area contributed by atoms with E-state index in [4.69, 9.17) is 20.6 Å². The van der Waals surface area contributed by atoms with Gasteiger partial charge in [-0.2, -0.15) is 11.0 Å². The van der Waals surface area contributed by atoms with Crippen LogP contribution >= 0.6 is 0 Å². The van der Waals surface area contributed by atoms with Crippen LogP contribution in [-0.4, -0.2) is 45.7 Å². The molecule has 0 amide bonds. The Morgan fingerprint density at radius 1 is 0.923 bits per heavy atom. The summed E-state index contributed by atoms with van der Waals surface area (Å²) in [5.41, 5.74) is 2.94. The molecule has 0 heterocycles. The van der Waals surface area contributed by atoms with Crippen LogP contribution < -0.4 is 11.0 Å². The van der Waals surface area contributed by atoms with Crippen LogP contribution in [0.4, 0.5) is 0 Å². The summed E-state index contributed by atoms with van der Waals surface area (Å²) < 4.78 is 0. The molecule has 0 aromatic heterocycles. The topological polar surface area (TPSA) is 139 Å². The van der Waals surface area contributed by atoms with Gasteiger partial charge in [0, 0.05) is 21.1 Å². The predicted molar refractivity (Wildman–Crippen MR) is 34.8 cm³/mol. The zero-order chi connectivity index (χ0) is 9.98. The molecule has 0 saturated carbocycles. The van der Waals surface area contributed by atoms with E-state index in [-0.39, 0.29) is 21.1 Å². The van der Waals surface area contributed by atoms with Crippen molar-refractivity contribution in [2.24, 2.45) is 0 Å². The molecule has 0 aliphatic heterocycles. The first-order chi connectivity index (χ1) is 5.54. The van der Waals surface area contributed by atoms with Crippen LogP contribution in [-0.2, 0) is 30.7 Å². The van der Waals surface area contributed by atoms with Crippen LogP contribution in [0.1, 0.15) is 0 Å². The molecule has 0 fully saturated rings. The quantitative estimate of drug-likeness (QED) is 0.312. The van der Waals surface area contributed by atoms with E-state index in [0.717, 1.165) is 0 Å². The number of hydrogen-bond donors (Lipinski definition) is 6. The molecule has 0 radical (unpaired) electrons. The van der Waals surface area contributed by atoms with Crippen molar-refractivity contribution in [1.82, 2.24) is 11.0 Å². The van der Waals surface area contributed by atoms with E-state index in [1.54, 1.807) is 0 Å². The van der Waals surface area contributed by atoms with Gasteiger partial charge in [-0.15, -0.1) is 0 Å². The summed E-state index contributed by atoms with van der Waals surface area (Å²) in [6.45, 7) is -0.806. The van der Waals surface area contributed by atoms with Gasteiger partial charge in [0.2, 0.25) is 0 Å². The van der Waals surface area contributed by atoms with Crippen molar-refractivity contribution < 1.29 is 51.3 Å². The molecule has 6 N–H and O–H groups in total. The van der Waals surface area contributed by atoms with Crippen LogP contribution in [0, 0.1) is 0 Å². The molecule has 0 aliphatic rings. The number of carbonyl (C=O) groups is 2. The molecule has 0 aromatic rings. The Kier molecular flexibility index (Phi) is 19.7. The molecule has 0 spiro atoms. The minimum Gasteiger partial charge on any atom is -0.480 e. The number of hydroxylamine groups is 2. The van der Waals surface area contributed by atoms with Gasteiger partial charge in [-0.3, -0.25) is 9.59 Å². The molecule has 9 heteroatoms. The van der Waals surface area contributed by atoms with Crippen molar-refractivity contribution in [1.29, 1.82) is 0 Å². The Bertz CT molecular complexity index is 127. The Balaban J connectivity index is -0.000000143. The first-order valence-corrected chi connectivity index (χ1v) is 2.72. The van der Waals surface area contributed by atoms with E-state index in [1.807, 2.05) is 0 Å². The third-order valence-corrected chi connectivity index (χ3v) is 0.461. The second-order valence-electron chi connectivity index (χ2n) is 1.46. The molecule has 0 rings (SSSR count). The van der Waals surface area contributed by atoms with Gasteiger partial charge in [-0.25, -0.2) is 0 Å². The maximum absolute atomic E-state index is 9.38. The van der Waals surface area contributed by atoms with Crippen LogP contribution in [0.15, 0.2) is 0 Å². The van der Waals surface area contributed by atoms with E-state index in [1.165, 1.54) is 11.0 Å². The summed E-state index contributed by atoms with van der Waals surface area (Å²) in [6.07, 6.45) is 0. The van der Waals surface area contributed by atoms with Gasteiger partial charge in [-0.1, -0.05) is 0 Å². The number of aliphatic carboxylic acids is 2. The maximum Gasteiger partial charge on any atom is 0.319 e. The van der Waals surface area contributed by atoms with Gasteiger partial charge >= 0.3 is 11.9 Å². The number of nitrogens with one attached hydrogen (secondary N) is 2. The summed E-state index contributed by atoms with van der Waals surface area (Å²) in [6, 6.07) is 0. The molecule has 8 nitrogen and oxygen atoms in total. The second-order valence-corrected chi connectivity index (χ2v) is 1.46.